The quantitative estimate of drug-likeness (QED) is 0.357. The molecule has 0 unspecified atom stereocenters. The van der Waals surface area contributed by atoms with E-state index in [1.165, 1.54) is 0 Å². The van der Waals surface area contributed by atoms with Crippen LogP contribution in [-0.2, 0) is 6.54 Å². The molecule has 1 heterocycles. The van der Waals surface area contributed by atoms with Gasteiger partial charge in [0.25, 0.3) is 11.8 Å². The molecule has 0 saturated carbocycles. The van der Waals surface area contributed by atoms with E-state index in [9.17, 15) is 9.59 Å². The SMILES string of the molecule is Cc1cc(Cl)ccc1C(=O)Nc1ccc(C(=O)N2Cc3ccccc3Oc3ccccc32)cc1. The van der Waals surface area contributed by atoms with Gasteiger partial charge in [-0.2, -0.15) is 0 Å². The molecule has 0 saturated heterocycles. The van der Waals surface area contributed by atoms with Crippen molar-refractivity contribution in [2.75, 3.05) is 10.2 Å². The zero-order chi connectivity index (χ0) is 23.7. The van der Waals surface area contributed by atoms with Crippen LogP contribution in [-0.4, -0.2) is 11.8 Å². The Morgan fingerprint density at radius 2 is 1.59 bits per heavy atom. The molecule has 2 amide bonds. The van der Waals surface area contributed by atoms with E-state index in [1.54, 1.807) is 47.4 Å². The average molecular weight is 469 g/mol. The van der Waals surface area contributed by atoms with E-state index in [0.717, 1.165) is 16.9 Å². The number of fused-ring (bicyclic) bond motifs is 2. The Labute approximate surface area is 202 Å². The summed E-state index contributed by atoms with van der Waals surface area (Å²) >= 11 is 5.99. The normalized spacial score (nSPS) is 12.1. The van der Waals surface area contributed by atoms with Gasteiger partial charge in [0.2, 0.25) is 0 Å². The van der Waals surface area contributed by atoms with Gasteiger partial charge in [-0.1, -0.05) is 41.9 Å². The highest BCUT2D eigenvalue weighted by atomic mass is 35.5. The standard InChI is InChI=1S/C28H21ClN2O3/c1-18-16-21(29)12-15-23(18)27(32)30-22-13-10-19(11-14-22)28(33)31-17-20-6-2-4-8-25(20)34-26-9-5-3-7-24(26)31/h2-16H,17H2,1H3,(H,30,32). The first kappa shape index (κ1) is 21.7. The Morgan fingerprint density at radius 3 is 2.35 bits per heavy atom. The largest absolute Gasteiger partial charge is 0.455 e. The number of ether oxygens (including phenoxy) is 1. The molecule has 1 aliphatic rings. The first-order valence-electron chi connectivity index (χ1n) is 10.8. The van der Waals surface area contributed by atoms with Crippen LogP contribution in [0.3, 0.4) is 0 Å². The molecule has 0 spiro atoms. The molecule has 1 aliphatic heterocycles. The number of hydrogen-bond acceptors (Lipinski definition) is 3. The minimum atomic E-state index is -0.233. The van der Waals surface area contributed by atoms with E-state index in [1.807, 2.05) is 55.5 Å². The molecular formula is C28H21ClN2O3. The summed E-state index contributed by atoms with van der Waals surface area (Å²) < 4.78 is 6.09. The predicted molar refractivity (Wildman–Crippen MR) is 134 cm³/mol. The Bertz CT molecular complexity index is 1400. The number of para-hydroxylation sites is 3. The number of aryl methyl sites for hydroxylation is 1. The van der Waals surface area contributed by atoms with Crippen LogP contribution in [0.4, 0.5) is 11.4 Å². The number of anilines is 2. The highest BCUT2D eigenvalue weighted by molar-refractivity contribution is 6.30. The molecule has 0 bridgehead atoms. The number of hydrogen-bond donors (Lipinski definition) is 1. The molecule has 0 aliphatic carbocycles. The summed E-state index contributed by atoms with van der Waals surface area (Å²) in [6, 6.07) is 27.2. The monoisotopic (exact) mass is 468 g/mol. The molecule has 4 aromatic carbocycles. The third-order valence-electron chi connectivity index (χ3n) is 5.74. The first-order chi connectivity index (χ1) is 16.5. The van der Waals surface area contributed by atoms with E-state index in [0.29, 0.717) is 39.8 Å². The predicted octanol–water partition coefficient (Wildman–Crippen LogP) is 6.85. The molecule has 0 atom stereocenters. The van der Waals surface area contributed by atoms with Crippen molar-refractivity contribution in [2.45, 2.75) is 13.5 Å². The Morgan fingerprint density at radius 1 is 0.882 bits per heavy atom. The molecular weight excluding hydrogens is 448 g/mol. The molecule has 34 heavy (non-hydrogen) atoms. The van der Waals surface area contributed by atoms with Gasteiger partial charge in [0.15, 0.2) is 5.75 Å². The molecule has 0 fully saturated rings. The van der Waals surface area contributed by atoms with Crippen LogP contribution in [0.2, 0.25) is 5.02 Å². The van der Waals surface area contributed by atoms with Crippen molar-refractivity contribution in [3.63, 3.8) is 0 Å². The van der Waals surface area contributed by atoms with E-state index in [2.05, 4.69) is 5.32 Å². The van der Waals surface area contributed by atoms with Gasteiger partial charge in [-0.05, 0) is 73.2 Å². The van der Waals surface area contributed by atoms with Gasteiger partial charge >= 0.3 is 0 Å². The van der Waals surface area contributed by atoms with Crippen LogP contribution in [0.1, 0.15) is 31.8 Å². The number of carbonyl (C=O) groups excluding carboxylic acids is 2. The second kappa shape index (κ2) is 9.04. The van der Waals surface area contributed by atoms with Crippen molar-refractivity contribution in [2.24, 2.45) is 0 Å². The maximum atomic E-state index is 13.5. The topological polar surface area (TPSA) is 58.6 Å². The lowest BCUT2D eigenvalue weighted by atomic mass is 10.1. The zero-order valence-electron chi connectivity index (χ0n) is 18.4. The summed E-state index contributed by atoms with van der Waals surface area (Å²) in [4.78, 5) is 27.9. The average Bonchev–Trinajstić information content (AvgIpc) is 3.01. The number of carbonyl (C=O) groups is 2. The van der Waals surface area contributed by atoms with Crippen LogP contribution in [0.25, 0.3) is 0 Å². The third kappa shape index (κ3) is 4.26. The van der Waals surface area contributed by atoms with Gasteiger partial charge in [0, 0.05) is 27.4 Å². The number of nitrogens with one attached hydrogen (secondary N) is 1. The lowest BCUT2D eigenvalue weighted by Crippen LogP contribution is -2.29. The van der Waals surface area contributed by atoms with Gasteiger partial charge in [-0.25, -0.2) is 0 Å². The second-order valence-electron chi connectivity index (χ2n) is 8.06. The van der Waals surface area contributed by atoms with E-state index in [4.69, 9.17) is 16.3 Å². The summed E-state index contributed by atoms with van der Waals surface area (Å²) in [7, 11) is 0. The van der Waals surface area contributed by atoms with Crippen molar-refractivity contribution in [1.82, 2.24) is 0 Å². The highest BCUT2D eigenvalue weighted by Crippen LogP contribution is 2.39. The summed E-state index contributed by atoms with van der Waals surface area (Å²) in [6.45, 7) is 2.23. The molecule has 6 heteroatoms. The maximum Gasteiger partial charge on any atom is 0.258 e. The van der Waals surface area contributed by atoms with Crippen LogP contribution in [0.5, 0.6) is 11.5 Å². The fourth-order valence-electron chi connectivity index (χ4n) is 3.99. The van der Waals surface area contributed by atoms with Crippen LogP contribution >= 0.6 is 11.6 Å². The van der Waals surface area contributed by atoms with E-state index >= 15 is 0 Å². The lowest BCUT2D eigenvalue weighted by Gasteiger charge is -2.22. The molecule has 4 aromatic rings. The van der Waals surface area contributed by atoms with Gasteiger partial charge < -0.3 is 15.0 Å². The van der Waals surface area contributed by atoms with Crippen molar-refractivity contribution >= 4 is 34.8 Å². The molecule has 5 nitrogen and oxygen atoms in total. The van der Waals surface area contributed by atoms with Crippen molar-refractivity contribution in [3.05, 3.63) is 118 Å². The minimum absolute atomic E-state index is 0.154. The Hall–Kier alpha value is -4.09. The molecule has 1 N–H and O–H groups in total. The highest BCUT2D eigenvalue weighted by Gasteiger charge is 2.26. The number of rotatable bonds is 3. The summed E-state index contributed by atoms with van der Waals surface area (Å²) in [6.07, 6.45) is 0. The van der Waals surface area contributed by atoms with Gasteiger partial charge in [0.1, 0.15) is 5.75 Å². The first-order valence-corrected chi connectivity index (χ1v) is 11.2. The van der Waals surface area contributed by atoms with Gasteiger partial charge in [-0.15, -0.1) is 0 Å². The fraction of sp³-hybridized carbons (Fsp3) is 0.0714. The lowest BCUT2D eigenvalue weighted by molar-refractivity contribution is 0.0984. The summed E-state index contributed by atoms with van der Waals surface area (Å²) in [5.74, 6) is 0.978. The summed E-state index contributed by atoms with van der Waals surface area (Å²) in [5, 5.41) is 3.46. The smallest absolute Gasteiger partial charge is 0.258 e. The summed E-state index contributed by atoms with van der Waals surface area (Å²) in [5.41, 5.74) is 4.08. The van der Waals surface area contributed by atoms with E-state index in [-0.39, 0.29) is 11.8 Å². The fourth-order valence-corrected chi connectivity index (χ4v) is 4.21. The van der Waals surface area contributed by atoms with E-state index < -0.39 is 0 Å². The van der Waals surface area contributed by atoms with Crippen LogP contribution < -0.4 is 15.0 Å². The van der Waals surface area contributed by atoms with Crippen LogP contribution in [0.15, 0.2) is 91.0 Å². The number of halogens is 1. The van der Waals surface area contributed by atoms with Crippen molar-refractivity contribution in [1.29, 1.82) is 0 Å². The zero-order valence-corrected chi connectivity index (χ0v) is 19.2. The van der Waals surface area contributed by atoms with Gasteiger partial charge in [-0.3, -0.25) is 9.59 Å². The molecule has 168 valence electrons. The molecule has 5 rings (SSSR count). The number of nitrogens with zero attached hydrogens (tertiary/aromatic N) is 1. The number of benzene rings is 4. The van der Waals surface area contributed by atoms with Crippen molar-refractivity contribution in [3.8, 4) is 11.5 Å². The van der Waals surface area contributed by atoms with Crippen molar-refractivity contribution < 1.29 is 14.3 Å². The molecule has 0 aromatic heterocycles. The number of amides is 2. The molecule has 0 radical (unpaired) electrons. The maximum absolute atomic E-state index is 13.5. The Balaban J connectivity index is 1.39. The van der Waals surface area contributed by atoms with Gasteiger partial charge in [0.05, 0.1) is 12.2 Å². The third-order valence-corrected chi connectivity index (χ3v) is 5.98. The Kier molecular flexibility index (Phi) is 5.78. The minimum Gasteiger partial charge on any atom is -0.455 e. The second-order valence-corrected chi connectivity index (χ2v) is 8.50. The van der Waals surface area contributed by atoms with Crippen LogP contribution in [0, 0.1) is 6.92 Å².